The number of hydrogen-bond donors (Lipinski definition) is 0. The Morgan fingerprint density at radius 2 is 0.977 bits per heavy atom. The fraction of sp³-hybridized carbons (Fsp3) is 0. The van der Waals surface area contributed by atoms with Crippen LogP contribution in [0, 0.1) is 0 Å². The van der Waals surface area contributed by atoms with Crippen LogP contribution in [0.1, 0.15) is 0 Å². The molecule has 1 nitrogen and oxygen atoms in total. The molecule has 0 amide bonds. The molecule has 0 radical (unpaired) electrons. The molecule has 0 saturated carbocycles. The summed E-state index contributed by atoms with van der Waals surface area (Å²) in [4.78, 5) is 6.11. The van der Waals surface area contributed by atoms with Gasteiger partial charge in [0.05, 0.1) is 20.0 Å². The predicted molar refractivity (Wildman–Crippen MR) is 191 cm³/mol. The van der Waals surface area contributed by atoms with Gasteiger partial charge in [-0.05, 0) is 97.9 Å². The first-order valence-corrected chi connectivity index (χ1v) is 16.8. The maximum absolute atomic E-state index is 4.91. The lowest BCUT2D eigenvalue weighted by molar-refractivity contribution is 1.34. The summed E-state index contributed by atoms with van der Waals surface area (Å²) in [5.41, 5.74) is 3.36. The summed E-state index contributed by atoms with van der Waals surface area (Å²) >= 11 is 5.66. The van der Waals surface area contributed by atoms with E-state index < -0.39 is 0 Å². The lowest BCUT2D eigenvalue weighted by atomic mass is 10.0. The monoisotopic (exact) mass is 599 g/mol. The van der Waals surface area contributed by atoms with Crippen LogP contribution in [0.25, 0.3) is 93.7 Å². The zero-order chi connectivity index (χ0) is 28.1. The second-order valence-corrected chi connectivity index (χ2v) is 14.4. The number of aromatic nitrogens is 1. The molecule has 6 aromatic carbocycles. The molecule has 200 valence electrons. The van der Waals surface area contributed by atoms with Crippen LogP contribution >= 0.6 is 34.0 Å². The molecule has 0 spiro atoms. The third kappa shape index (κ3) is 3.71. The molecule has 10 rings (SSSR count). The van der Waals surface area contributed by atoms with Crippen LogP contribution in [-0.4, -0.2) is 4.98 Å². The zero-order valence-electron chi connectivity index (χ0n) is 22.8. The summed E-state index contributed by atoms with van der Waals surface area (Å²) < 4.78 is 6.84. The highest BCUT2D eigenvalue weighted by atomic mass is 32.1. The van der Waals surface area contributed by atoms with E-state index in [9.17, 15) is 0 Å². The number of fused-ring (bicyclic) bond motifs is 9. The van der Waals surface area contributed by atoms with Crippen molar-refractivity contribution >= 4 is 106 Å². The Hall–Kier alpha value is -4.61. The molecule has 0 aliphatic rings. The highest BCUT2D eigenvalue weighted by Gasteiger charge is 2.14. The number of rotatable bonds is 2. The van der Waals surface area contributed by atoms with Gasteiger partial charge in [-0.25, -0.2) is 0 Å². The van der Waals surface area contributed by atoms with Gasteiger partial charge in [-0.3, -0.25) is 4.98 Å². The van der Waals surface area contributed by atoms with Crippen molar-refractivity contribution in [2.75, 3.05) is 0 Å². The highest BCUT2D eigenvalue weighted by Crippen LogP contribution is 2.46. The Bertz CT molecular complexity index is 2670. The van der Waals surface area contributed by atoms with Gasteiger partial charge in [0.15, 0.2) is 0 Å². The minimum absolute atomic E-state index is 1.02. The molecule has 0 atom stereocenters. The van der Waals surface area contributed by atoms with E-state index in [1.165, 1.54) is 82.4 Å². The van der Waals surface area contributed by atoms with Crippen molar-refractivity contribution in [2.45, 2.75) is 0 Å². The zero-order valence-corrected chi connectivity index (χ0v) is 25.2. The summed E-state index contributed by atoms with van der Waals surface area (Å²) in [7, 11) is 0. The summed E-state index contributed by atoms with van der Waals surface area (Å²) in [6, 6.07) is 44.7. The van der Waals surface area contributed by atoms with E-state index in [1.807, 2.05) is 40.2 Å². The van der Waals surface area contributed by atoms with Gasteiger partial charge in [0, 0.05) is 36.6 Å². The molecule has 43 heavy (non-hydrogen) atoms. The third-order valence-electron chi connectivity index (χ3n) is 8.64. The topological polar surface area (TPSA) is 12.9 Å². The number of hydrogen-bond acceptors (Lipinski definition) is 4. The van der Waals surface area contributed by atoms with E-state index in [1.54, 1.807) is 0 Å². The van der Waals surface area contributed by atoms with Crippen molar-refractivity contribution in [3.8, 4) is 21.7 Å². The molecule has 4 aromatic heterocycles. The normalized spacial score (nSPS) is 12.2. The number of nitrogens with zero attached hydrogens (tertiary/aromatic N) is 1. The molecule has 0 unspecified atom stereocenters. The van der Waals surface area contributed by atoms with Crippen LogP contribution in [0.4, 0.5) is 0 Å². The Labute approximate surface area is 258 Å². The second-order valence-electron chi connectivity index (χ2n) is 11.2. The summed E-state index contributed by atoms with van der Waals surface area (Å²) in [6.45, 7) is 0. The molecular weight excluding hydrogens is 579 g/mol. The number of pyridine rings is 1. The average Bonchev–Trinajstić information content (AvgIpc) is 3.73. The van der Waals surface area contributed by atoms with Crippen molar-refractivity contribution in [2.24, 2.45) is 0 Å². The van der Waals surface area contributed by atoms with Crippen LogP contribution < -0.4 is 0 Å². The van der Waals surface area contributed by atoms with E-state index in [-0.39, 0.29) is 0 Å². The standard InChI is InChI=1S/C39H21NS3/c1-3-7-24-17-34-30(14-22(24)5-1)20-37(41-34)33-12-11-28(21-40-33)26-9-10-27-16-32-36(19-29(27)13-26)43-38-31-15-23-6-2-4-8-25(23)18-35(31)42-39(32)38/h1-21H. The molecule has 0 bridgehead atoms. The first-order chi connectivity index (χ1) is 21.2. The highest BCUT2D eigenvalue weighted by molar-refractivity contribution is 7.36. The van der Waals surface area contributed by atoms with Gasteiger partial charge in [-0.15, -0.1) is 34.0 Å². The van der Waals surface area contributed by atoms with E-state index in [0.717, 1.165) is 11.3 Å². The van der Waals surface area contributed by atoms with E-state index >= 15 is 0 Å². The van der Waals surface area contributed by atoms with Crippen LogP contribution in [0.15, 0.2) is 128 Å². The van der Waals surface area contributed by atoms with Gasteiger partial charge in [-0.1, -0.05) is 66.7 Å². The molecule has 0 N–H and O–H groups in total. The summed E-state index contributed by atoms with van der Waals surface area (Å²) in [5, 5.41) is 11.8. The maximum atomic E-state index is 4.91. The molecule has 0 aliphatic heterocycles. The van der Waals surface area contributed by atoms with Gasteiger partial charge in [-0.2, -0.15) is 0 Å². The average molecular weight is 600 g/mol. The van der Waals surface area contributed by atoms with E-state index in [0.29, 0.717) is 0 Å². The van der Waals surface area contributed by atoms with Crippen molar-refractivity contribution in [1.29, 1.82) is 0 Å². The molecule has 4 heterocycles. The van der Waals surface area contributed by atoms with Gasteiger partial charge in [0.25, 0.3) is 0 Å². The largest absolute Gasteiger partial charge is 0.255 e. The Balaban J connectivity index is 1.03. The van der Waals surface area contributed by atoms with Gasteiger partial charge >= 0.3 is 0 Å². The Kier molecular flexibility index (Phi) is 4.97. The fourth-order valence-electron chi connectivity index (χ4n) is 6.43. The quantitative estimate of drug-likeness (QED) is 0.193. The maximum Gasteiger partial charge on any atom is 0.0802 e. The third-order valence-corrected chi connectivity index (χ3v) is 12.3. The van der Waals surface area contributed by atoms with Crippen LogP contribution in [0.3, 0.4) is 0 Å². The lowest BCUT2D eigenvalue weighted by Gasteiger charge is -2.06. The Morgan fingerprint density at radius 1 is 0.395 bits per heavy atom. The fourth-order valence-corrected chi connectivity index (χ4v) is 10.2. The smallest absolute Gasteiger partial charge is 0.0802 e. The summed E-state index contributed by atoms with van der Waals surface area (Å²) in [6.07, 6.45) is 2.02. The number of thiophene rings is 3. The van der Waals surface area contributed by atoms with Crippen LogP contribution in [-0.2, 0) is 0 Å². The second kappa shape index (κ2) is 8.95. The van der Waals surface area contributed by atoms with E-state index in [2.05, 4.69) is 121 Å². The van der Waals surface area contributed by atoms with E-state index in [4.69, 9.17) is 4.98 Å². The van der Waals surface area contributed by atoms with Gasteiger partial charge in [0.1, 0.15) is 0 Å². The first-order valence-electron chi connectivity index (χ1n) is 14.3. The van der Waals surface area contributed by atoms with Crippen LogP contribution in [0.5, 0.6) is 0 Å². The first kappa shape index (κ1) is 23.9. The van der Waals surface area contributed by atoms with Crippen molar-refractivity contribution in [1.82, 2.24) is 4.98 Å². The molecule has 4 heteroatoms. The molecule has 0 saturated heterocycles. The van der Waals surface area contributed by atoms with Crippen molar-refractivity contribution in [3.05, 3.63) is 128 Å². The lowest BCUT2D eigenvalue weighted by Crippen LogP contribution is -1.84. The summed E-state index contributed by atoms with van der Waals surface area (Å²) in [5.74, 6) is 0. The SMILES string of the molecule is c1ccc2cc3sc(-c4ccc(-c5ccc6cc7c(cc6c5)sc5c6cc8ccccc8cc6sc75)cn4)cc3cc2c1. The Morgan fingerprint density at radius 3 is 1.65 bits per heavy atom. The molecule has 10 aromatic rings. The minimum Gasteiger partial charge on any atom is -0.255 e. The molecule has 0 aliphatic carbocycles. The van der Waals surface area contributed by atoms with Crippen molar-refractivity contribution in [3.63, 3.8) is 0 Å². The minimum atomic E-state index is 1.02. The molecule has 0 fully saturated rings. The predicted octanol–water partition coefficient (Wildman–Crippen LogP) is 12.7. The van der Waals surface area contributed by atoms with Crippen molar-refractivity contribution < 1.29 is 0 Å². The van der Waals surface area contributed by atoms with Gasteiger partial charge < -0.3 is 0 Å². The number of benzene rings is 6. The van der Waals surface area contributed by atoms with Gasteiger partial charge in [0.2, 0.25) is 0 Å². The molecular formula is C39H21NS3. The van der Waals surface area contributed by atoms with Crippen LogP contribution in [0.2, 0.25) is 0 Å².